The SMILES string of the molecule is COc1ccc(C(=O)CCC(=O)Nc2cccc(N3CCCC3)c2)cc1. The molecule has 1 aliphatic heterocycles. The molecule has 5 heteroatoms. The third-order valence-corrected chi connectivity index (χ3v) is 4.59. The molecule has 1 N–H and O–H groups in total. The Bertz CT molecular complexity index is 765. The van der Waals surface area contributed by atoms with Gasteiger partial charge in [0.1, 0.15) is 5.75 Å². The molecule has 0 unspecified atom stereocenters. The molecule has 2 aromatic carbocycles. The van der Waals surface area contributed by atoms with Crippen LogP contribution in [0.15, 0.2) is 48.5 Å². The van der Waals surface area contributed by atoms with Crippen molar-refractivity contribution >= 4 is 23.1 Å². The van der Waals surface area contributed by atoms with E-state index in [4.69, 9.17) is 4.74 Å². The minimum absolute atomic E-state index is 0.0476. The summed E-state index contributed by atoms with van der Waals surface area (Å²) in [5, 5.41) is 2.89. The number of carbonyl (C=O) groups is 2. The van der Waals surface area contributed by atoms with Gasteiger partial charge < -0.3 is 15.0 Å². The zero-order chi connectivity index (χ0) is 18.4. The minimum Gasteiger partial charge on any atom is -0.497 e. The lowest BCUT2D eigenvalue weighted by Crippen LogP contribution is -2.18. The van der Waals surface area contributed by atoms with Crippen molar-refractivity contribution in [2.24, 2.45) is 0 Å². The van der Waals surface area contributed by atoms with Crippen LogP contribution in [0.5, 0.6) is 5.75 Å². The molecule has 5 nitrogen and oxygen atoms in total. The minimum atomic E-state index is -0.148. The van der Waals surface area contributed by atoms with E-state index in [1.807, 2.05) is 18.2 Å². The van der Waals surface area contributed by atoms with E-state index in [2.05, 4.69) is 16.3 Å². The molecule has 136 valence electrons. The van der Waals surface area contributed by atoms with Crippen molar-refractivity contribution < 1.29 is 14.3 Å². The monoisotopic (exact) mass is 352 g/mol. The van der Waals surface area contributed by atoms with Gasteiger partial charge in [0.2, 0.25) is 5.91 Å². The highest BCUT2D eigenvalue weighted by molar-refractivity contribution is 6.00. The fourth-order valence-electron chi connectivity index (χ4n) is 3.13. The largest absolute Gasteiger partial charge is 0.497 e. The van der Waals surface area contributed by atoms with Gasteiger partial charge in [0.05, 0.1) is 7.11 Å². The summed E-state index contributed by atoms with van der Waals surface area (Å²) in [6.45, 7) is 2.13. The number of anilines is 2. The molecule has 1 fully saturated rings. The molecule has 1 aliphatic rings. The van der Waals surface area contributed by atoms with Crippen molar-refractivity contribution in [1.29, 1.82) is 0 Å². The summed E-state index contributed by atoms with van der Waals surface area (Å²) in [7, 11) is 1.58. The molecular formula is C21H24N2O3. The summed E-state index contributed by atoms with van der Waals surface area (Å²) < 4.78 is 5.08. The second-order valence-corrected chi connectivity index (χ2v) is 6.44. The predicted octanol–water partition coefficient (Wildman–Crippen LogP) is 3.90. The topological polar surface area (TPSA) is 58.6 Å². The van der Waals surface area contributed by atoms with E-state index in [9.17, 15) is 9.59 Å². The molecule has 0 bridgehead atoms. The van der Waals surface area contributed by atoms with Crippen molar-refractivity contribution in [3.63, 3.8) is 0 Å². The van der Waals surface area contributed by atoms with Gasteiger partial charge in [-0.25, -0.2) is 0 Å². The Kier molecular flexibility index (Phi) is 5.89. The fourth-order valence-corrected chi connectivity index (χ4v) is 3.13. The number of nitrogens with one attached hydrogen (secondary N) is 1. The molecule has 0 atom stereocenters. The Labute approximate surface area is 154 Å². The number of amides is 1. The zero-order valence-corrected chi connectivity index (χ0v) is 15.0. The van der Waals surface area contributed by atoms with Crippen LogP contribution in [0.4, 0.5) is 11.4 Å². The van der Waals surface area contributed by atoms with Gasteiger partial charge in [-0.1, -0.05) is 6.07 Å². The molecule has 0 spiro atoms. The highest BCUT2D eigenvalue weighted by atomic mass is 16.5. The number of Topliss-reactive ketones (excluding diaryl/α,β-unsaturated/α-hetero) is 1. The number of hydrogen-bond acceptors (Lipinski definition) is 4. The third-order valence-electron chi connectivity index (χ3n) is 4.59. The number of ether oxygens (including phenoxy) is 1. The molecule has 0 aromatic heterocycles. The average molecular weight is 352 g/mol. The van der Waals surface area contributed by atoms with Crippen LogP contribution in [0.25, 0.3) is 0 Å². The predicted molar refractivity (Wildman–Crippen MR) is 103 cm³/mol. The lowest BCUT2D eigenvalue weighted by atomic mass is 10.1. The first-order valence-corrected chi connectivity index (χ1v) is 8.98. The van der Waals surface area contributed by atoms with Crippen molar-refractivity contribution in [3.8, 4) is 5.75 Å². The number of carbonyl (C=O) groups excluding carboxylic acids is 2. The number of rotatable bonds is 7. The van der Waals surface area contributed by atoms with Gasteiger partial charge in [-0.2, -0.15) is 0 Å². The fraction of sp³-hybridized carbons (Fsp3) is 0.333. The summed E-state index contributed by atoms with van der Waals surface area (Å²) in [6.07, 6.45) is 2.77. The number of nitrogens with zero attached hydrogens (tertiary/aromatic N) is 1. The maximum absolute atomic E-state index is 12.2. The Morgan fingerprint density at radius 3 is 2.46 bits per heavy atom. The van der Waals surface area contributed by atoms with Gasteiger partial charge in [-0.05, 0) is 55.3 Å². The van der Waals surface area contributed by atoms with Crippen molar-refractivity contribution in [3.05, 3.63) is 54.1 Å². The van der Waals surface area contributed by atoms with Crippen LogP contribution in [-0.2, 0) is 4.79 Å². The Morgan fingerprint density at radius 1 is 1.04 bits per heavy atom. The van der Waals surface area contributed by atoms with Crippen molar-refractivity contribution in [2.75, 3.05) is 30.4 Å². The summed E-state index contributed by atoms with van der Waals surface area (Å²) in [6, 6.07) is 14.8. The molecule has 3 rings (SSSR count). The molecule has 0 aliphatic carbocycles. The number of ketones is 1. The van der Waals surface area contributed by atoms with Gasteiger partial charge >= 0.3 is 0 Å². The quantitative estimate of drug-likeness (QED) is 0.768. The Morgan fingerprint density at radius 2 is 1.77 bits per heavy atom. The highest BCUT2D eigenvalue weighted by Crippen LogP contribution is 2.23. The molecule has 2 aromatic rings. The number of benzene rings is 2. The van der Waals surface area contributed by atoms with Crippen LogP contribution >= 0.6 is 0 Å². The second-order valence-electron chi connectivity index (χ2n) is 6.44. The van der Waals surface area contributed by atoms with Gasteiger partial charge in [0.15, 0.2) is 5.78 Å². The van der Waals surface area contributed by atoms with Crippen LogP contribution in [0.1, 0.15) is 36.0 Å². The van der Waals surface area contributed by atoms with Crippen LogP contribution < -0.4 is 15.0 Å². The van der Waals surface area contributed by atoms with Crippen LogP contribution in [0, 0.1) is 0 Å². The zero-order valence-electron chi connectivity index (χ0n) is 15.0. The van der Waals surface area contributed by atoms with Gasteiger partial charge in [-0.15, -0.1) is 0 Å². The molecular weight excluding hydrogens is 328 g/mol. The van der Waals surface area contributed by atoms with E-state index < -0.39 is 0 Å². The van der Waals surface area contributed by atoms with E-state index >= 15 is 0 Å². The lowest BCUT2D eigenvalue weighted by Gasteiger charge is -2.18. The van der Waals surface area contributed by atoms with Crippen molar-refractivity contribution in [2.45, 2.75) is 25.7 Å². The van der Waals surface area contributed by atoms with Gasteiger partial charge in [-0.3, -0.25) is 9.59 Å². The Balaban J connectivity index is 1.52. The first-order chi connectivity index (χ1) is 12.7. The second kappa shape index (κ2) is 8.52. The molecule has 0 radical (unpaired) electrons. The van der Waals surface area contributed by atoms with Crippen LogP contribution in [-0.4, -0.2) is 31.9 Å². The summed E-state index contributed by atoms with van der Waals surface area (Å²) in [4.78, 5) is 26.7. The molecule has 1 saturated heterocycles. The maximum atomic E-state index is 12.2. The van der Waals surface area contributed by atoms with Crippen LogP contribution in [0.2, 0.25) is 0 Å². The van der Waals surface area contributed by atoms with E-state index in [1.165, 1.54) is 12.8 Å². The van der Waals surface area contributed by atoms with E-state index in [0.29, 0.717) is 11.3 Å². The normalized spacial score (nSPS) is 13.5. The summed E-state index contributed by atoms with van der Waals surface area (Å²) in [5.74, 6) is 0.510. The first kappa shape index (κ1) is 18.0. The third kappa shape index (κ3) is 4.63. The maximum Gasteiger partial charge on any atom is 0.224 e. The molecule has 26 heavy (non-hydrogen) atoms. The van der Waals surface area contributed by atoms with Crippen molar-refractivity contribution in [1.82, 2.24) is 0 Å². The van der Waals surface area contributed by atoms with Gasteiger partial charge in [0.25, 0.3) is 0 Å². The van der Waals surface area contributed by atoms with Gasteiger partial charge in [0, 0.05) is 42.9 Å². The standard InChI is InChI=1S/C21H24N2O3/c1-26-19-9-7-16(8-10-19)20(24)11-12-21(25)22-17-5-4-6-18(15-17)23-13-2-3-14-23/h4-10,15H,2-3,11-14H2,1H3,(H,22,25). The highest BCUT2D eigenvalue weighted by Gasteiger charge is 2.13. The summed E-state index contributed by atoms with van der Waals surface area (Å²) >= 11 is 0. The lowest BCUT2D eigenvalue weighted by molar-refractivity contribution is -0.116. The van der Waals surface area contributed by atoms with E-state index in [0.717, 1.165) is 24.5 Å². The number of hydrogen-bond donors (Lipinski definition) is 1. The molecule has 0 saturated carbocycles. The van der Waals surface area contributed by atoms with Crippen LogP contribution in [0.3, 0.4) is 0 Å². The average Bonchev–Trinajstić information content (AvgIpc) is 3.21. The number of methoxy groups -OCH3 is 1. The van der Waals surface area contributed by atoms with E-state index in [1.54, 1.807) is 31.4 Å². The van der Waals surface area contributed by atoms with E-state index in [-0.39, 0.29) is 24.5 Å². The Hall–Kier alpha value is -2.82. The molecule has 1 heterocycles. The smallest absolute Gasteiger partial charge is 0.224 e. The summed E-state index contributed by atoms with van der Waals surface area (Å²) in [5.41, 5.74) is 2.50. The molecule has 1 amide bonds. The first-order valence-electron chi connectivity index (χ1n) is 8.98.